The van der Waals surface area contributed by atoms with Crippen LogP contribution < -0.4 is 10.6 Å². The van der Waals surface area contributed by atoms with Crippen LogP contribution in [0.3, 0.4) is 0 Å². The van der Waals surface area contributed by atoms with Gasteiger partial charge in [-0.15, -0.1) is 0 Å². The van der Waals surface area contributed by atoms with Crippen molar-refractivity contribution in [1.29, 1.82) is 0 Å². The van der Waals surface area contributed by atoms with Crippen LogP contribution in [0.4, 0.5) is 0 Å². The third-order valence-electron chi connectivity index (χ3n) is 5.51. The molecule has 5 nitrogen and oxygen atoms in total. The van der Waals surface area contributed by atoms with Gasteiger partial charge in [-0.1, -0.05) is 65.5 Å². The van der Waals surface area contributed by atoms with E-state index in [0.29, 0.717) is 17.1 Å². The molecule has 2 aromatic carbocycles. The molecule has 4 rings (SSSR count). The molecule has 1 aliphatic carbocycles. The number of hydrogen-bond donors (Lipinski definition) is 2. The first-order valence-electron chi connectivity index (χ1n) is 10.8. The highest BCUT2D eigenvalue weighted by atomic mass is 79.9. The van der Waals surface area contributed by atoms with Gasteiger partial charge in [0.15, 0.2) is 0 Å². The Labute approximate surface area is 196 Å². The van der Waals surface area contributed by atoms with Gasteiger partial charge in [0.25, 0.3) is 11.8 Å². The monoisotopic (exact) mass is 492 g/mol. The molecule has 0 unspecified atom stereocenters. The fourth-order valence-electron chi connectivity index (χ4n) is 3.79. The Kier molecular flexibility index (Phi) is 7.22. The smallest absolute Gasteiger partial charge is 0.268 e. The zero-order valence-electron chi connectivity index (χ0n) is 17.6. The summed E-state index contributed by atoms with van der Waals surface area (Å²) in [6.45, 7) is 0. The summed E-state index contributed by atoms with van der Waals surface area (Å²) in [7, 11) is 0. The van der Waals surface area contributed by atoms with E-state index in [1.54, 1.807) is 36.4 Å². The SMILES string of the molecule is O=C(NC1CCCCC1)/C(=C\c1ccc(-c2ccc(Br)cc2)o1)NC(=O)c1ccccc1. The topological polar surface area (TPSA) is 71.3 Å². The second-order valence-electron chi connectivity index (χ2n) is 7.90. The number of halogens is 1. The molecule has 164 valence electrons. The number of hydrogen-bond acceptors (Lipinski definition) is 3. The molecule has 2 N–H and O–H groups in total. The molecule has 0 saturated heterocycles. The van der Waals surface area contributed by atoms with Crippen molar-refractivity contribution in [3.05, 3.63) is 88.2 Å². The van der Waals surface area contributed by atoms with Gasteiger partial charge in [-0.25, -0.2) is 0 Å². The average Bonchev–Trinajstić information content (AvgIpc) is 3.29. The molecule has 0 spiro atoms. The number of amides is 2. The van der Waals surface area contributed by atoms with Crippen LogP contribution in [-0.2, 0) is 4.79 Å². The van der Waals surface area contributed by atoms with E-state index in [1.807, 2.05) is 36.4 Å². The molecule has 2 amide bonds. The molecule has 1 aliphatic rings. The molecule has 0 bridgehead atoms. The maximum Gasteiger partial charge on any atom is 0.268 e. The van der Waals surface area contributed by atoms with Crippen LogP contribution in [0.2, 0.25) is 0 Å². The summed E-state index contributed by atoms with van der Waals surface area (Å²) in [5.74, 6) is 0.536. The highest BCUT2D eigenvalue weighted by Gasteiger charge is 2.20. The normalized spacial score (nSPS) is 14.7. The van der Waals surface area contributed by atoms with Crippen molar-refractivity contribution in [3.63, 3.8) is 0 Å². The molecule has 0 aliphatic heterocycles. The molecule has 1 aromatic heterocycles. The Balaban J connectivity index is 1.57. The minimum atomic E-state index is -0.338. The summed E-state index contributed by atoms with van der Waals surface area (Å²) < 4.78 is 6.93. The minimum Gasteiger partial charge on any atom is -0.457 e. The molecule has 0 radical (unpaired) electrons. The van der Waals surface area contributed by atoms with Gasteiger partial charge >= 0.3 is 0 Å². The van der Waals surface area contributed by atoms with Crippen molar-refractivity contribution in [1.82, 2.24) is 10.6 Å². The van der Waals surface area contributed by atoms with Crippen molar-refractivity contribution in [2.45, 2.75) is 38.1 Å². The molecule has 32 heavy (non-hydrogen) atoms. The standard InChI is InChI=1S/C26H25BrN2O3/c27-20-13-11-18(12-14-20)24-16-15-22(32-24)17-23(26(31)28-21-9-5-2-6-10-21)29-25(30)19-7-3-1-4-8-19/h1,3-4,7-8,11-17,21H,2,5-6,9-10H2,(H,28,31)(H,29,30)/b23-17+. The molecule has 3 aromatic rings. The fraction of sp³-hybridized carbons (Fsp3) is 0.231. The van der Waals surface area contributed by atoms with Crippen LogP contribution in [0.1, 0.15) is 48.2 Å². The van der Waals surface area contributed by atoms with E-state index in [9.17, 15) is 9.59 Å². The number of furan rings is 1. The lowest BCUT2D eigenvalue weighted by Gasteiger charge is -2.23. The summed E-state index contributed by atoms with van der Waals surface area (Å²) >= 11 is 3.43. The van der Waals surface area contributed by atoms with Crippen molar-refractivity contribution < 1.29 is 14.0 Å². The quantitative estimate of drug-likeness (QED) is 0.419. The van der Waals surface area contributed by atoms with E-state index in [-0.39, 0.29) is 23.6 Å². The van der Waals surface area contributed by atoms with Crippen LogP contribution in [0, 0.1) is 0 Å². The van der Waals surface area contributed by atoms with Gasteiger partial charge in [-0.05, 0) is 49.2 Å². The first kappa shape index (κ1) is 22.1. The van der Waals surface area contributed by atoms with Crippen LogP contribution in [0.15, 0.2) is 81.3 Å². The Morgan fingerprint density at radius 3 is 2.34 bits per heavy atom. The average molecular weight is 493 g/mol. The first-order valence-corrected chi connectivity index (χ1v) is 11.6. The maximum absolute atomic E-state index is 13.1. The number of carbonyl (C=O) groups excluding carboxylic acids is 2. The van der Waals surface area contributed by atoms with Gasteiger partial charge in [0.2, 0.25) is 0 Å². The molecule has 6 heteroatoms. The molecule has 0 atom stereocenters. The van der Waals surface area contributed by atoms with Gasteiger partial charge in [-0.2, -0.15) is 0 Å². The molecule has 1 saturated carbocycles. The zero-order valence-corrected chi connectivity index (χ0v) is 19.2. The Hall–Kier alpha value is -3.12. The van der Waals surface area contributed by atoms with Crippen molar-refractivity contribution in [2.24, 2.45) is 0 Å². The summed E-state index contributed by atoms with van der Waals surface area (Å²) in [6.07, 6.45) is 6.91. The Bertz CT molecular complexity index is 1100. The predicted octanol–water partition coefficient (Wildman–Crippen LogP) is 5.93. The lowest BCUT2D eigenvalue weighted by Crippen LogP contribution is -2.41. The third-order valence-corrected chi connectivity index (χ3v) is 6.04. The van der Waals surface area contributed by atoms with Gasteiger partial charge in [0, 0.05) is 27.7 Å². The highest BCUT2D eigenvalue weighted by Crippen LogP contribution is 2.25. The maximum atomic E-state index is 13.1. The lowest BCUT2D eigenvalue weighted by molar-refractivity contribution is -0.118. The van der Waals surface area contributed by atoms with Crippen molar-refractivity contribution >= 4 is 33.8 Å². The Morgan fingerprint density at radius 2 is 1.62 bits per heavy atom. The lowest BCUT2D eigenvalue weighted by atomic mass is 9.95. The van der Waals surface area contributed by atoms with Crippen molar-refractivity contribution in [3.8, 4) is 11.3 Å². The predicted molar refractivity (Wildman–Crippen MR) is 129 cm³/mol. The third kappa shape index (κ3) is 5.77. The van der Waals surface area contributed by atoms with E-state index < -0.39 is 0 Å². The van der Waals surface area contributed by atoms with Gasteiger partial charge in [0.05, 0.1) is 0 Å². The number of nitrogens with one attached hydrogen (secondary N) is 2. The number of benzene rings is 2. The van der Waals surface area contributed by atoms with Gasteiger partial charge in [0.1, 0.15) is 17.2 Å². The van der Waals surface area contributed by atoms with Crippen molar-refractivity contribution in [2.75, 3.05) is 0 Å². The molecular weight excluding hydrogens is 468 g/mol. The van der Waals surface area contributed by atoms with Gasteiger partial charge in [-0.3, -0.25) is 9.59 Å². The molecule has 1 fully saturated rings. The number of carbonyl (C=O) groups is 2. The van der Waals surface area contributed by atoms with Crippen LogP contribution >= 0.6 is 15.9 Å². The fourth-order valence-corrected chi connectivity index (χ4v) is 4.06. The summed E-state index contributed by atoms with van der Waals surface area (Å²) in [5.41, 5.74) is 1.58. The van der Waals surface area contributed by atoms with Crippen LogP contribution in [0.25, 0.3) is 17.4 Å². The van der Waals surface area contributed by atoms with E-state index in [0.717, 1.165) is 35.7 Å². The Morgan fingerprint density at radius 1 is 0.906 bits per heavy atom. The van der Waals surface area contributed by atoms with E-state index >= 15 is 0 Å². The number of rotatable bonds is 6. The first-order chi connectivity index (χ1) is 15.6. The summed E-state index contributed by atoms with van der Waals surface area (Å²) in [4.78, 5) is 25.8. The van der Waals surface area contributed by atoms with E-state index in [2.05, 4.69) is 26.6 Å². The minimum absolute atomic E-state index is 0.128. The second kappa shape index (κ2) is 10.5. The highest BCUT2D eigenvalue weighted by molar-refractivity contribution is 9.10. The summed E-state index contributed by atoms with van der Waals surface area (Å²) in [6, 6.07) is 20.4. The van der Waals surface area contributed by atoms with E-state index in [4.69, 9.17) is 4.42 Å². The second-order valence-corrected chi connectivity index (χ2v) is 8.81. The van der Waals surface area contributed by atoms with Crippen LogP contribution in [0.5, 0.6) is 0 Å². The van der Waals surface area contributed by atoms with Gasteiger partial charge < -0.3 is 15.1 Å². The molecular formula is C26H25BrN2O3. The zero-order chi connectivity index (χ0) is 22.3. The molecule has 1 heterocycles. The van der Waals surface area contributed by atoms with E-state index in [1.165, 1.54) is 6.42 Å². The summed E-state index contributed by atoms with van der Waals surface area (Å²) in [5, 5.41) is 5.84. The largest absolute Gasteiger partial charge is 0.457 e. The van der Waals surface area contributed by atoms with Crippen LogP contribution in [-0.4, -0.2) is 17.9 Å².